The molecule has 0 aliphatic carbocycles. The summed E-state index contributed by atoms with van der Waals surface area (Å²) in [6, 6.07) is 4.91. The Kier molecular flexibility index (Phi) is 5.38. The Hall–Kier alpha value is -1.83. The third-order valence-corrected chi connectivity index (χ3v) is 3.41. The topological polar surface area (TPSA) is 97.0 Å². The van der Waals surface area contributed by atoms with E-state index in [1.165, 1.54) is 7.11 Å². The van der Waals surface area contributed by atoms with Gasteiger partial charge in [-0.3, -0.25) is 9.69 Å². The second-order valence-corrected chi connectivity index (χ2v) is 4.89. The summed E-state index contributed by atoms with van der Waals surface area (Å²) in [7, 11) is 1.52. The molecule has 0 radical (unpaired) electrons. The van der Waals surface area contributed by atoms with Crippen LogP contribution in [0.4, 0.5) is 11.4 Å². The van der Waals surface area contributed by atoms with E-state index in [4.69, 9.17) is 15.2 Å². The van der Waals surface area contributed by atoms with Gasteiger partial charge >= 0.3 is 0 Å². The number of nitrogens with zero attached hydrogens (tertiary/aromatic N) is 1. The number of aliphatic hydroxyl groups is 1. The fourth-order valence-corrected chi connectivity index (χ4v) is 2.25. The lowest BCUT2D eigenvalue weighted by molar-refractivity contribution is -0.120. The van der Waals surface area contributed by atoms with Crippen molar-refractivity contribution in [3.63, 3.8) is 0 Å². The Labute approximate surface area is 123 Å². The molecule has 1 aliphatic rings. The van der Waals surface area contributed by atoms with E-state index >= 15 is 0 Å². The standard InChI is InChI=1S/C14H21N3O4/c1-20-13-6-10(15)2-3-12(13)16-14(19)7-17-4-5-21-9-11(17)8-18/h2-3,6,11,18H,4-5,7-9,15H2,1H3,(H,16,19). The van der Waals surface area contributed by atoms with E-state index in [-0.39, 0.29) is 25.1 Å². The summed E-state index contributed by atoms with van der Waals surface area (Å²) >= 11 is 0. The highest BCUT2D eigenvalue weighted by atomic mass is 16.5. The fraction of sp³-hybridized carbons (Fsp3) is 0.500. The quantitative estimate of drug-likeness (QED) is 0.657. The molecule has 1 amide bonds. The van der Waals surface area contributed by atoms with E-state index in [1.54, 1.807) is 18.2 Å². The average molecular weight is 295 g/mol. The van der Waals surface area contributed by atoms with E-state index in [2.05, 4.69) is 5.32 Å². The molecule has 7 heteroatoms. The molecule has 1 unspecified atom stereocenters. The minimum Gasteiger partial charge on any atom is -0.494 e. The Morgan fingerprint density at radius 1 is 1.62 bits per heavy atom. The molecule has 0 spiro atoms. The predicted molar refractivity (Wildman–Crippen MR) is 79.3 cm³/mol. The van der Waals surface area contributed by atoms with Gasteiger partial charge in [-0.15, -0.1) is 0 Å². The van der Waals surface area contributed by atoms with E-state index in [0.29, 0.717) is 36.9 Å². The lowest BCUT2D eigenvalue weighted by Gasteiger charge is -2.33. The molecule has 1 fully saturated rings. The number of aliphatic hydroxyl groups excluding tert-OH is 1. The molecule has 116 valence electrons. The van der Waals surface area contributed by atoms with E-state index in [9.17, 15) is 9.90 Å². The number of anilines is 2. The fourth-order valence-electron chi connectivity index (χ4n) is 2.25. The Bertz CT molecular complexity index is 495. The van der Waals surface area contributed by atoms with E-state index < -0.39 is 0 Å². The van der Waals surface area contributed by atoms with E-state index in [0.717, 1.165) is 0 Å². The molecule has 1 atom stereocenters. The third kappa shape index (κ3) is 4.07. The third-order valence-electron chi connectivity index (χ3n) is 3.41. The van der Waals surface area contributed by atoms with Crippen LogP contribution in [0.3, 0.4) is 0 Å². The number of morpholine rings is 1. The first kappa shape index (κ1) is 15.6. The van der Waals surface area contributed by atoms with Crippen LogP contribution in [0.5, 0.6) is 5.75 Å². The number of rotatable bonds is 5. The highest BCUT2D eigenvalue weighted by Gasteiger charge is 2.24. The van der Waals surface area contributed by atoms with E-state index in [1.807, 2.05) is 4.90 Å². The van der Waals surface area contributed by atoms with Gasteiger partial charge in [-0.25, -0.2) is 0 Å². The summed E-state index contributed by atoms with van der Waals surface area (Å²) in [6.45, 7) is 1.79. The maximum absolute atomic E-state index is 12.1. The van der Waals surface area contributed by atoms with Crippen molar-refractivity contribution in [2.75, 3.05) is 51.1 Å². The number of nitrogens with two attached hydrogens (primary N) is 1. The summed E-state index contributed by atoms with van der Waals surface area (Å²) in [4.78, 5) is 14.0. The molecule has 0 aromatic heterocycles. The summed E-state index contributed by atoms with van der Waals surface area (Å²) in [6.07, 6.45) is 0. The molecule has 1 aromatic rings. The van der Waals surface area contributed by atoms with Gasteiger partial charge in [-0.1, -0.05) is 0 Å². The molecule has 1 aromatic carbocycles. The molecule has 21 heavy (non-hydrogen) atoms. The molecule has 0 saturated carbocycles. The first-order valence-electron chi connectivity index (χ1n) is 6.80. The number of nitrogen functional groups attached to an aromatic ring is 1. The average Bonchev–Trinajstić information content (AvgIpc) is 2.49. The molecular weight excluding hydrogens is 274 g/mol. The predicted octanol–water partition coefficient (Wildman–Crippen LogP) is -0.0910. The van der Waals surface area contributed by atoms with Crippen molar-refractivity contribution in [1.82, 2.24) is 4.90 Å². The number of methoxy groups -OCH3 is 1. The minimum absolute atomic E-state index is 0.0293. The van der Waals surface area contributed by atoms with Gasteiger partial charge in [0, 0.05) is 18.3 Å². The molecule has 0 bridgehead atoms. The van der Waals surface area contributed by atoms with Gasteiger partial charge in [-0.2, -0.15) is 0 Å². The molecular formula is C14H21N3O4. The van der Waals surface area contributed by atoms with Crippen LogP contribution in [0.25, 0.3) is 0 Å². The Balaban J connectivity index is 1.98. The van der Waals surface area contributed by atoms with Crippen molar-refractivity contribution >= 4 is 17.3 Å². The van der Waals surface area contributed by atoms with Crippen molar-refractivity contribution in [2.24, 2.45) is 0 Å². The van der Waals surface area contributed by atoms with Crippen LogP contribution in [0.1, 0.15) is 0 Å². The monoisotopic (exact) mass is 295 g/mol. The number of carbonyl (C=O) groups is 1. The highest BCUT2D eigenvalue weighted by molar-refractivity contribution is 5.94. The van der Waals surface area contributed by atoms with Crippen LogP contribution in [-0.2, 0) is 9.53 Å². The number of hydrogen-bond donors (Lipinski definition) is 3. The van der Waals surface area contributed by atoms with Crippen molar-refractivity contribution in [3.8, 4) is 5.75 Å². The Morgan fingerprint density at radius 3 is 3.14 bits per heavy atom. The zero-order valence-corrected chi connectivity index (χ0v) is 12.0. The van der Waals surface area contributed by atoms with Crippen molar-refractivity contribution in [1.29, 1.82) is 0 Å². The highest BCUT2D eigenvalue weighted by Crippen LogP contribution is 2.26. The lowest BCUT2D eigenvalue weighted by atomic mass is 10.2. The van der Waals surface area contributed by atoms with Gasteiger partial charge in [0.05, 0.1) is 45.2 Å². The second-order valence-electron chi connectivity index (χ2n) is 4.89. The van der Waals surface area contributed by atoms with Crippen LogP contribution < -0.4 is 15.8 Å². The summed E-state index contributed by atoms with van der Waals surface area (Å²) in [5, 5.41) is 12.1. The summed E-state index contributed by atoms with van der Waals surface area (Å²) < 4.78 is 10.5. The van der Waals surface area contributed by atoms with Gasteiger partial charge in [0.2, 0.25) is 5.91 Å². The molecule has 1 aliphatic heterocycles. The Morgan fingerprint density at radius 2 is 2.43 bits per heavy atom. The smallest absolute Gasteiger partial charge is 0.238 e. The molecule has 1 saturated heterocycles. The number of hydrogen-bond acceptors (Lipinski definition) is 6. The van der Waals surface area contributed by atoms with Gasteiger partial charge < -0.3 is 25.6 Å². The maximum Gasteiger partial charge on any atom is 0.238 e. The SMILES string of the molecule is COc1cc(N)ccc1NC(=O)CN1CCOCC1CO. The molecule has 7 nitrogen and oxygen atoms in total. The number of carbonyl (C=O) groups excluding carboxylic acids is 1. The van der Waals surface area contributed by atoms with Crippen LogP contribution in [-0.4, -0.2) is 62.0 Å². The summed E-state index contributed by atoms with van der Waals surface area (Å²) in [5.41, 5.74) is 6.82. The second kappa shape index (κ2) is 7.26. The number of benzene rings is 1. The number of nitrogens with one attached hydrogen (secondary N) is 1. The van der Waals surface area contributed by atoms with Crippen molar-refractivity contribution < 1.29 is 19.4 Å². The number of ether oxygens (including phenoxy) is 2. The van der Waals surface area contributed by atoms with Crippen LogP contribution in [0, 0.1) is 0 Å². The zero-order chi connectivity index (χ0) is 15.2. The molecule has 4 N–H and O–H groups in total. The van der Waals surface area contributed by atoms with Crippen molar-refractivity contribution in [3.05, 3.63) is 18.2 Å². The molecule has 2 rings (SSSR count). The van der Waals surface area contributed by atoms with Gasteiger partial charge in [0.15, 0.2) is 0 Å². The first-order valence-corrected chi connectivity index (χ1v) is 6.80. The molecule has 1 heterocycles. The first-order chi connectivity index (χ1) is 10.1. The van der Waals surface area contributed by atoms with Crippen LogP contribution in [0.2, 0.25) is 0 Å². The van der Waals surface area contributed by atoms with Crippen LogP contribution >= 0.6 is 0 Å². The normalized spacial score (nSPS) is 19.2. The number of amides is 1. The lowest BCUT2D eigenvalue weighted by Crippen LogP contribution is -2.50. The largest absolute Gasteiger partial charge is 0.494 e. The summed E-state index contributed by atoms with van der Waals surface area (Å²) in [5.74, 6) is 0.349. The minimum atomic E-state index is -0.168. The van der Waals surface area contributed by atoms with Crippen molar-refractivity contribution in [2.45, 2.75) is 6.04 Å². The van der Waals surface area contributed by atoms with Gasteiger partial charge in [0.25, 0.3) is 0 Å². The maximum atomic E-state index is 12.1. The van der Waals surface area contributed by atoms with Crippen LogP contribution in [0.15, 0.2) is 18.2 Å². The zero-order valence-electron chi connectivity index (χ0n) is 12.0. The van der Waals surface area contributed by atoms with Gasteiger partial charge in [0.1, 0.15) is 5.75 Å². The van der Waals surface area contributed by atoms with Gasteiger partial charge in [-0.05, 0) is 12.1 Å².